The molecule has 2 saturated heterocycles. The predicted molar refractivity (Wildman–Crippen MR) is 104 cm³/mol. The van der Waals surface area contributed by atoms with Crippen LogP contribution in [0.4, 0.5) is 10.5 Å². The smallest absolute Gasteiger partial charge is 0.320 e. The Kier molecular flexibility index (Phi) is 6.37. The molecular weight excluding hydrogens is 399 g/mol. The van der Waals surface area contributed by atoms with Gasteiger partial charge in [0.2, 0.25) is 5.91 Å². The highest BCUT2D eigenvalue weighted by Crippen LogP contribution is 2.33. The molecule has 3 amide bonds. The van der Waals surface area contributed by atoms with E-state index in [0.717, 1.165) is 38.8 Å². The third-order valence-corrected chi connectivity index (χ3v) is 5.57. The lowest BCUT2D eigenvalue weighted by Gasteiger charge is -2.34. The Balaban J connectivity index is 1.57. The Labute approximate surface area is 167 Å². The highest BCUT2D eigenvalue weighted by atomic mass is 35.5. The fourth-order valence-electron chi connectivity index (χ4n) is 3.36. The summed E-state index contributed by atoms with van der Waals surface area (Å²) in [6.45, 7) is 2.73. The van der Waals surface area contributed by atoms with Crippen molar-refractivity contribution in [2.75, 3.05) is 31.6 Å². The zero-order chi connectivity index (χ0) is 18.7. The third kappa shape index (κ3) is 4.48. The molecule has 0 aromatic heterocycles. The van der Waals surface area contributed by atoms with E-state index in [1.807, 2.05) is 4.90 Å². The molecular formula is C17H21Cl3N4O2. The SMILES string of the molecule is O=C(NNc1c(Cl)cc(Cl)cc1Cl)[C@H]1CCCN(C(=O)N2CCCC2)C1. The fraction of sp³-hybridized carbons (Fsp3) is 0.529. The van der Waals surface area contributed by atoms with E-state index in [0.29, 0.717) is 33.8 Å². The molecule has 3 rings (SSSR count). The van der Waals surface area contributed by atoms with E-state index in [4.69, 9.17) is 34.8 Å². The number of hydrogen-bond donors (Lipinski definition) is 2. The first-order valence-electron chi connectivity index (χ1n) is 8.70. The van der Waals surface area contributed by atoms with Crippen molar-refractivity contribution >= 4 is 52.4 Å². The summed E-state index contributed by atoms with van der Waals surface area (Å²) in [6, 6.07) is 3.12. The van der Waals surface area contributed by atoms with Gasteiger partial charge in [-0.25, -0.2) is 4.79 Å². The molecule has 0 saturated carbocycles. The number of amides is 3. The molecule has 1 aromatic carbocycles. The van der Waals surface area contributed by atoms with Gasteiger partial charge in [-0.2, -0.15) is 0 Å². The fourth-order valence-corrected chi connectivity index (χ4v) is 4.27. The monoisotopic (exact) mass is 418 g/mol. The highest BCUT2D eigenvalue weighted by Gasteiger charge is 2.31. The lowest BCUT2D eigenvalue weighted by Crippen LogP contribution is -2.50. The van der Waals surface area contributed by atoms with Gasteiger partial charge in [0.05, 0.1) is 21.7 Å². The molecule has 0 spiro atoms. The molecule has 0 aliphatic carbocycles. The summed E-state index contributed by atoms with van der Waals surface area (Å²) in [5, 5.41) is 1.05. The lowest BCUT2D eigenvalue weighted by molar-refractivity contribution is -0.125. The van der Waals surface area contributed by atoms with Gasteiger partial charge in [0.15, 0.2) is 0 Å². The standard InChI is InChI=1S/C17H21Cl3N4O2/c18-12-8-13(19)15(14(20)9-12)21-22-16(25)11-4-3-7-24(10-11)17(26)23-5-1-2-6-23/h8-9,11,21H,1-7,10H2,(H,22,25)/t11-/m0/s1. The summed E-state index contributed by atoms with van der Waals surface area (Å²) >= 11 is 18.1. The molecule has 0 bridgehead atoms. The van der Waals surface area contributed by atoms with Crippen LogP contribution in [0.25, 0.3) is 0 Å². The summed E-state index contributed by atoms with van der Waals surface area (Å²) in [6.07, 6.45) is 3.64. The Morgan fingerprint density at radius 2 is 1.58 bits per heavy atom. The molecule has 1 atom stereocenters. The molecule has 2 aliphatic rings. The van der Waals surface area contributed by atoms with Gasteiger partial charge in [-0.05, 0) is 37.8 Å². The number of benzene rings is 1. The van der Waals surface area contributed by atoms with Crippen LogP contribution in [0.5, 0.6) is 0 Å². The summed E-state index contributed by atoms with van der Waals surface area (Å²) in [4.78, 5) is 28.7. The maximum absolute atomic E-state index is 12.5. The summed E-state index contributed by atoms with van der Waals surface area (Å²) in [5.74, 6) is -0.460. The van der Waals surface area contributed by atoms with Crippen LogP contribution in [-0.2, 0) is 4.79 Å². The second-order valence-corrected chi connectivity index (χ2v) is 7.87. The van der Waals surface area contributed by atoms with Crippen molar-refractivity contribution in [2.24, 2.45) is 5.92 Å². The van der Waals surface area contributed by atoms with Gasteiger partial charge in [0.1, 0.15) is 0 Å². The van der Waals surface area contributed by atoms with Crippen LogP contribution in [-0.4, -0.2) is 47.9 Å². The first-order valence-corrected chi connectivity index (χ1v) is 9.83. The average Bonchev–Trinajstić information content (AvgIpc) is 3.14. The topological polar surface area (TPSA) is 64.7 Å². The van der Waals surface area contributed by atoms with Crippen molar-refractivity contribution in [3.05, 3.63) is 27.2 Å². The minimum atomic E-state index is -0.271. The Bertz CT molecular complexity index is 672. The van der Waals surface area contributed by atoms with Crippen molar-refractivity contribution in [1.82, 2.24) is 15.2 Å². The van der Waals surface area contributed by atoms with E-state index in [9.17, 15) is 9.59 Å². The quantitative estimate of drug-likeness (QED) is 0.727. The molecule has 6 nitrogen and oxygen atoms in total. The molecule has 2 fully saturated rings. The summed E-state index contributed by atoms with van der Waals surface area (Å²) < 4.78 is 0. The van der Waals surface area contributed by atoms with Crippen molar-refractivity contribution < 1.29 is 9.59 Å². The number of carbonyl (C=O) groups excluding carboxylic acids is 2. The van der Waals surface area contributed by atoms with E-state index in [2.05, 4.69) is 10.9 Å². The van der Waals surface area contributed by atoms with Crippen molar-refractivity contribution in [3.8, 4) is 0 Å². The number of urea groups is 1. The first kappa shape index (κ1) is 19.4. The van der Waals surface area contributed by atoms with Crippen molar-refractivity contribution in [1.29, 1.82) is 0 Å². The zero-order valence-corrected chi connectivity index (χ0v) is 16.5. The molecule has 0 radical (unpaired) electrons. The van der Waals surface area contributed by atoms with Crippen LogP contribution in [0, 0.1) is 5.92 Å². The number of nitrogens with one attached hydrogen (secondary N) is 2. The minimum Gasteiger partial charge on any atom is -0.325 e. The number of rotatable bonds is 3. The van der Waals surface area contributed by atoms with E-state index < -0.39 is 0 Å². The number of likely N-dealkylation sites (tertiary alicyclic amines) is 2. The number of hydrogen-bond acceptors (Lipinski definition) is 3. The maximum atomic E-state index is 12.5. The predicted octanol–water partition coefficient (Wildman–Crippen LogP) is 4.02. The molecule has 26 heavy (non-hydrogen) atoms. The number of halogens is 3. The third-order valence-electron chi connectivity index (χ3n) is 4.76. The molecule has 9 heteroatoms. The van der Waals surface area contributed by atoms with Crippen LogP contribution in [0.3, 0.4) is 0 Å². The summed E-state index contributed by atoms with van der Waals surface area (Å²) in [5.41, 5.74) is 5.81. The van der Waals surface area contributed by atoms with Gasteiger partial charge in [0.25, 0.3) is 0 Å². The Morgan fingerprint density at radius 3 is 2.23 bits per heavy atom. The van der Waals surface area contributed by atoms with Crippen LogP contribution in [0.2, 0.25) is 15.1 Å². The highest BCUT2D eigenvalue weighted by molar-refractivity contribution is 6.41. The van der Waals surface area contributed by atoms with Gasteiger partial charge in [-0.15, -0.1) is 0 Å². The molecule has 2 heterocycles. The maximum Gasteiger partial charge on any atom is 0.320 e. The molecule has 142 valence electrons. The minimum absolute atomic E-state index is 0.0387. The average molecular weight is 420 g/mol. The Morgan fingerprint density at radius 1 is 0.962 bits per heavy atom. The first-order chi connectivity index (χ1) is 12.5. The molecule has 0 unspecified atom stereocenters. The van der Waals surface area contributed by atoms with Crippen LogP contribution < -0.4 is 10.9 Å². The van der Waals surface area contributed by atoms with Crippen LogP contribution >= 0.6 is 34.8 Å². The van der Waals surface area contributed by atoms with E-state index in [1.54, 1.807) is 17.0 Å². The number of piperidine rings is 1. The van der Waals surface area contributed by atoms with Gasteiger partial charge in [-0.1, -0.05) is 34.8 Å². The molecule has 1 aromatic rings. The Hall–Kier alpha value is -1.37. The number of anilines is 1. The second-order valence-electron chi connectivity index (χ2n) is 6.62. The van der Waals surface area contributed by atoms with E-state index in [1.165, 1.54) is 0 Å². The van der Waals surface area contributed by atoms with E-state index >= 15 is 0 Å². The van der Waals surface area contributed by atoms with Gasteiger partial charge >= 0.3 is 6.03 Å². The number of nitrogens with zero attached hydrogens (tertiary/aromatic N) is 2. The van der Waals surface area contributed by atoms with E-state index in [-0.39, 0.29) is 17.9 Å². The van der Waals surface area contributed by atoms with Crippen LogP contribution in [0.1, 0.15) is 25.7 Å². The van der Waals surface area contributed by atoms with Gasteiger partial charge in [0, 0.05) is 31.2 Å². The largest absolute Gasteiger partial charge is 0.325 e. The van der Waals surface area contributed by atoms with Crippen molar-refractivity contribution in [2.45, 2.75) is 25.7 Å². The molecule has 2 aliphatic heterocycles. The summed E-state index contributed by atoms with van der Waals surface area (Å²) in [7, 11) is 0. The normalized spacial score (nSPS) is 20.2. The number of carbonyl (C=O) groups is 2. The van der Waals surface area contributed by atoms with Crippen molar-refractivity contribution in [3.63, 3.8) is 0 Å². The molecule has 2 N–H and O–H groups in total. The second kappa shape index (κ2) is 8.55. The number of hydrazine groups is 1. The van der Waals surface area contributed by atoms with Gasteiger partial charge < -0.3 is 9.80 Å². The van der Waals surface area contributed by atoms with Gasteiger partial charge in [-0.3, -0.25) is 15.6 Å². The lowest BCUT2D eigenvalue weighted by atomic mass is 9.97. The zero-order valence-electron chi connectivity index (χ0n) is 14.2. The van der Waals surface area contributed by atoms with Crippen LogP contribution in [0.15, 0.2) is 12.1 Å².